The SMILES string of the molecule is COC(=O)CN(CCC(=O)Nc1cc([N+](=O)[O-])ccc1OC)Cc1ccccc1. The highest BCUT2D eigenvalue weighted by molar-refractivity contribution is 5.92. The lowest BCUT2D eigenvalue weighted by Gasteiger charge is -2.21. The smallest absolute Gasteiger partial charge is 0.319 e. The van der Waals surface area contributed by atoms with E-state index >= 15 is 0 Å². The van der Waals surface area contributed by atoms with Gasteiger partial charge in [-0.2, -0.15) is 0 Å². The first kappa shape index (κ1) is 21.8. The molecule has 29 heavy (non-hydrogen) atoms. The average molecular weight is 401 g/mol. The summed E-state index contributed by atoms with van der Waals surface area (Å²) in [6, 6.07) is 13.5. The number of anilines is 1. The van der Waals surface area contributed by atoms with Gasteiger partial charge in [0.1, 0.15) is 5.75 Å². The van der Waals surface area contributed by atoms with Gasteiger partial charge in [-0.15, -0.1) is 0 Å². The molecule has 0 aromatic heterocycles. The summed E-state index contributed by atoms with van der Waals surface area (Å²) in [7, 11) is 2.72. The first-order valence-electron chi connectivity index (χ1n) is 8.88. The van der Waals surface area contributed by atoms with Crippen LogP contribution in [-0.4, -0.2) is 49.0 Å². The first-order chi connectivity index (χ1) is 13.9. The number of non-ortho nitro benzene ring substituents is 1. The number of nitrogens with one attached hydrogen (secondary N) is 1. The Labute approximate surface area is 168 Å². The Morgan fingerprint density at radius 1 is 1.14 bits per heavy atom. The van der Waals surface area contributed by atoms with Gasteiger partial charge in [-0.3, -0.25) is 24.6 Å². The summed E-state index contributed by atoms with van der Waals surface area (Å²) in [5, 5.41) is 13.6. The number of nitro benzene ring substituents is 1. The highest BCUT2D eigenvalue weighted by Gasteiger charge is 2.16. The number of carbonyl (C=O) groups is 2. The van der Waals surface area contributed by atoms with Crippen LogP contribution < -0.4 is 10.1 Å². The fourth-order valence-corrected chi connectivity index (χ4v) is 2.68. The summed E-state index contributed by atoms with van der Waals surface area (Å²) < 4.78 is 9.87. The van der Waals surface area contributed by atoms with Gasteiger partial charge in [-0.25, -0.2) is 0 Å². The zero-order chi connectivity index (χ0) is 21.2. The van der Waals surface area contributed by atoms with Crippen LogP contribution >= 0.6 is 0 Å². The van der Waals surface area contributed by atoms with Gasteiger partial charge in [-0.1, -0.05) is 30.3 Å². The van der Waals surface area contributed by atoms with Crippen LogP contribution in [0.2, 0.25) is 0 Å². The summed E-state index contributed by atoms with van der Waals surface area (Å²) in [5.74, 6) is -0.437. The molecule has 1 amide bonds. The molecular formula is C20H23N3O6. The first-order valence-corrected chi connectivity index (χ1v) is 8.88. The minimum Gasteiger partial charge on any atom is -0.495 e. The second-order valence-corrected chi connectivity index (χ2v) is 6.21. The molecule has 2 rings (SSSR count). The molecule has 154 valence electrons. The largest absolute Gasteiger partial charge is 0.495 e. The third-order valence-electron chi connectivity index (χ3n) is 4.15. The summed E-state index contributed by atoms with van der Waals surface area (Å²) in [6.07, 6.45) is 0.0790. The maximum atomic E-state index is 12.4. The molecule has 0 spiro atoms. The molecule has 0 aliphatic rings. The fraction of sp³-hybridized carbons (Fsp3) is 0.300. The molecule has 0 heterocycles. The van der Waals surface area contributed by atoms with Crippen LogP contribution in [0.5, 0.6) is 5.75 Å². The number of benzene rings is 2. The lowest BCUT2D eigenvalue weighted by molar-refractivity contribution is -0.384. The third-order valence-corrected chi connectivity index (χ3v) is 4.15. The van der Waals surface area contributed by atoms with Gasteiger partial charge in [0.05, 0.1) is 31.4 Å². The van der Waals surface area contributed by atoms with Crippen LogP contribution in [0.4, 0.5) is 11.4 Å². The highest BCUT2D eigenvalue weighted by Crippen LogP contribution is 2.28. The quantitative estimate of drug-likeness (QED) is 0.370. The van der Waals surface area contributed by atoms with Gasteiger partial charge in [0.25, 0.3) is 5.69 Å². The summed E-state index contributed by atoms with van der Waals surface area (Å²) in [4.78, 5) is 36.3. The number of nitro groups is 1. The van der Waals surface area contributed by atoms with Crippen molar-refractivity contribution in [2.24, 2.45) is 0 Å². The number of hydrogen-bond acceptors (Lipinski definition) is 7. The zero-order valence-electron chi connectivity index (χ0n) is 16.3. The van der Waals surface area contributed by atoms with Crippen molar-refractivity contribution in [3.63, 3.8) is 0 Å². The molecule has 0 saturated heterocycles. The molecule has 0 radical (unpaired) electrons. The van der Waals surface area contributed by atoms with E-state index in [2.05, 4.69) is 5.32 Å². The van der Waals surface area contributed by atoms with Crippen LogP contribution in [0.15, 0.2) is 48.5 Å². The summed E-state index contributed by atoms with van der Waals surface area (Å²) in [5.41, 5.74) is 1.06. The maximum absolute atomic E-state index is 12.4. The van der Waals surface area contributed by atoms with Crippen LogP contribution in [0, 0.1) is 10.1 Å². The predicted molar refractivity (Wildman–Crippen MR) is 107 cm³/mol. The summed E-state index contributed by atoms with van der Waals surface area (Å²) >= 11 is 0. The van der Waals surface area contributed by atoms with Gasteiger partial charge in [0.15, 0.2) is 0 Å². The van der Waals surface area contributed by atoms with E-state index in [1.165, 1.54) is 32.4 Å². The minimum absolute atomic E-state index is 0.0405. The van der Waals surface area contributed by atoms with E-state index in [1.807, 2.05) is 30.3 Å². The Bertz CT molecular complexity index is 857. The van der Waals surface area contributed by atoms with Gasteiger partial charge in [0.2, 0.25) is 5.91 Å². The molecule has 1 N–H and O–H groups in total. The van der Waals surface area contributed by atoms with Crippen molar-refractivity contribution in [2.75, 3.05) is 32.6 Å². The van der Waals surface area contributed by atoms with E-state index in [-0.39, 0.29) is 30.2 Å². The Morgan fingerprint density at radius 2 is 1.86 bits per heavy atom. The molecule has 2 aromatic carbocycles. The molecule has 9 heteroatoms. The molecule has 0 unspecified atom stereocenters. The standard InChI is InChI=1S/C20H23N3O6/c1-28-18-9-8-16(23(26)27)12-17(18)21-19(24)10-11-22(14-20(25)29-2)13-15-6-4-3-5-7-15/h3-9,12H,10-11,13-14H2,1-2H3,(H,21,24). The van der Waals surface area contributed by atoms with Crippen LogP contribution in [0.3, 0.4) is 0 Å². The average Bonchev–Trinajstić information content (AvgIpc) is 2.72. The van der Waals surface area contributed by atoms with Gasteiger partial charge in [-0.05, 0) is 11.6 Å². The van der Waals surface area contributed by atoms with Crippen LogP contribution in [0.25, 0.3) is 0 Å². The van der Waals surface area contributed by atoms with Crippen molar-refractivity contribution in [1.82, 2.24) is 4.90 Å². The van der Waals surface area contributed by atoms with Crippen LogP contribution in [-0.2, 0) is 20.9 Å². The molecule has 0 fully saturated rings. The lowest BCUT2D eigenvalue weighted by atomic mass is 10.2. The van der Waals surface area contributed by atoms with Crippen molar-refractivity contribution in [2.45, 2.75) is 13.0 Å². The van der Waals surface area contributed by atoms with E-state index in [0.29, 0.717) is 18.8 Å². The number of carbonyl (C=O) groups excluding carboxylic acids is 2. The van der Waals surface area contributed by atoms with E-state index in [1.54, 1.807) is 4.90 Å². The Kier molecular flexibility index (Phi) is 8.11. The van der Waals surface area contributed by atoms with Crippen molar-refractivity contribution in [3.8, 4) is 5.75 Å². The van der Waals surface area contributed by atoms with Crippen molar-refractivity contribution in [3.05, 3.63) is 64.2 Å². The van der Waals surface area contributed by atoms with Crippen molar-refractivity contribution in [1.29, 1.82) is 0 Å². The number of esters is 1. The second-order valence-electron chi connectivity index (χ2n) is 6.21. The van der Waals surface area contributed by atoms with Crippen molar-refractivity contribution < 1.29 is 24.0 Å². The van der Waals surface area contributed by atoms with Gasteiger partial charge < -0.3 is 14.8 Å². The van der Waals surface area contributed by atoms with E-state index < -0.39 is 10.9 Å². The van der Waals surface area contributed by atoms with Gasteiger partial charge >= 0.3 is 5.97 Å². The third kappa shape index (κ3) is 6.89. The van der Waals surface area contributed by atoms with E-state index in [0.717, 1.165) is 5.56 Å². The molecular weight excluding hydrogens is 378 g/mol. The predicted octanol–water partition coefficient (Wildman–Crippen LogP) is 2.61. The summed E-state index contributed by atoms with van der Waals surface area (Å²) in [6.45, 7) is 0.815. The fourth-order valence-electron chi connectivity index (χ4n) is 2.68. The molecule has 0 bridgehead atoms. The molecule has 0 aliphatic heterocycles. The minimum atomic E-state index is -0.549. The Balaban J connectivity index is 2.02. The number of hydrogen-bond donors (Lipinski definition) is 1. The molecule has 9 nitrogen and oxygen atoms in total. The number of methoxy groups -OCH3 is 2. The molecule has 0 atom stereocenters. The lowest BCUT2D eigenvalue weighted by Crippen LogP contribution is -2.33. The Hall–Kier alpha value is -3.46. The number of ether oxygens (including phenoxy) is 2. The monoisotopic (exact) mass is 401 g/mol. The molecule has 2 aromatic rings. The normalized spacial score (nSPS) is 10.4. The molecule has 0 saturated carbocycles. The topological polar surface area (TPSA) is 111 Å². The van der Waals surface area contributed by atoms with E-state index in [9.17, 15) is 19.7 Å². The number of nitrogens with zero attached hydrogens (tertiary/aromatic N) is 2. The maximum Gasteiger partial charge on any atom is 0.319 e. The zero-order valence-corrected chi connectivity index (χ0v) is 16.3. The second kappa shape index (κ2) is 10.8. The van der Waals surface area contributed by atoms with Gasteiger partial charge in [0, 0.05) is 31.6 Å². The Morgan fingerprint density at radius 3 is 2.48 bits per heavy atom. The number of amides is 1. The highest BCUT2D eigenvalue weighted by atomic mass is 16.6. The van der Waals surface area contributed by atoms with Crippen molar-refractivity contribution >= 4 is 23.3 Å². The van der Waals surface area contributed by atoms with E-state index in [4.69, 9.17) is 9.47 Å². The molecule has 0 aliphatic carbocycles. The van der Waals surface area contributed by atoms with Crippen LogP contribution in [0.1, 0.15) is 12.0 Å². The number of rotatable bonds is 10.